The summed E-state index contributed by atoms with van der Waals surface area (Å²) >= 11 is 7.27. The number of hydrogen-bond donors (Lipinski definition) is 1. The van der Waals surface area contributed by atoms with Gasteiger partial charge in [-0.15, -0.1) is 11.3 Å². The molecule has 128 valence electrons. The molecule has 0 saturated heterocycles. The maximum atomic E-state index is 12.5. The van der Waals surface area contributed by atoms with Crippen LogP contribution in [-0.4, -0.2) is 5.91 Å². The van der Waals surface area contributed by atoms with Crippen molar-refractivity contribution in [3.05, 3.63) is 81.0 Å². The number of nitrogens with one attached hydrogen (secondary N) is 1. The number of thiophene rings is 1. The second-order valence-electron chi connectivity index (χ2n) is 5.53. The Kier molecular flexibility index (Phi) is 5.74. The van der Waals surface area contributed by atoms with Crippen LogP contribution in [0.5, 0.6) is 5.75 Å². The molecule has 25 heavy (non-hydrogen) atoms. The highest BCUT2D eigenvalue weighted by Crippen LogP contribution is 2.22. The van der Waals surface area contributed by atoms with Gasteiger partial charge in [-0.1, -0.05) is 36.7 Å². The van der Waals surface area contributed by atoms with Crippen LogP contribution in [0.3, 0.4) is 0 Å². The van der Waals surface area contributed by atoms with E-state index in [9.17, 15) is 4.79 Å². The lowest BCUT2D eigenvalue weighted by Gasteiger charge is -2.08. The van der Waals surface area contributed by atoms with E-state index >= 15 is 0 Å². The first kappa shape index (κ1) is 17.5. The Balaban J connectivity index is 1.62. The molecule has 3 rings (SSSR count). The van der Waals surface area contributed by atoms with Crippen molar-refractivity contribution in [3.8, 4) is 5.75 Å². The van der Waals surface area contributed by atoms with Gasteiger partial charge in [0.1, 0.15) is 12.4 Å². The lowest BCUT2D eigenvalue weighted by molar-refractivity contribution is 0.103. The van der Waals surface area contributed by atoms with E-state index in [4.69, 9.17) is 16.3 Å². The van der Waals surface area contributed by atoms with Crippen molar-refractivity contribution in [3.63, 3.8) is 0 Å². The van der Waals surface area contributed by atoms with Gasteiger partial charge in [0.05, 0.1) is 4.88 Å². The molecule has 0 atom stereocenters. The molecule has 0 unspecified atom stereocenters. The first-order valence-electron chi connectivity index (χ1n) is 8.00. The van der Waals surface area contributed by atoms with Gasteiger partial charge in [-0.3, -0.25) is 4.79 Å². The van der Waals surface area contributed by atoms with Crippen molar-refractivity contribution in [1.29, 1.82) is 0 Å². The van der Waals surface area contributed by atoms with Crippen LogP contribution in [0, 0.1) is 0 Å². The Hall–Kier alpha value is -2.30. The molecule has 2 aromatic carbocycles. The largest absolute Gasteiger partial charge is 0.489 e. The summed E-state index contributed by atoms with van der Waals surface area (Å²) in [6, 6.07) is 16.9. The lowest BCUT2D eigenvalue weighted by Crippen LogP contribution is -2.11. The van der Waals surface area contributed by atoms with Crippen molar-refractivity contribution in [2.24, 2.45) is 0 Å². The number of amides is 1. The van der Waals surface area contributed by atoms with Crippen LogP contribution >= 0.6 is 22.9 Å². The minimum absolute atomic E-state index is 0.0938. The summed E-state index contributed by atoms with van der Waals surface area (Å²) < 4.78 is 5.71. The van der Waals surface area contributed by atoms with Crippen molar-refractivity contribution in [1.82, 2.24) is 0 Å². The molecule has 1 amide bonds. The fourth-order valence-corrected chi connectivity index (χ4v) is 3.32. The molecule has 1 N–H and O–H groups in total. The predicted molar refractivity (Wildman–Crippen MR) is 104 cm³/mol. The summed E-state index contributed by atoms with van der Waals surface area (Å²) in [4.78, 5) is 13.1. The summed E-state index contributed by atoms with van der Waals surface area (Å²) in [5.41, 5.74) is 2.95. The van der Waals surface area contributed by atoms with Crippen LogP contribution in [0.25, 0.3) is 0 Å². The predicted octanol–water partition coefficient (Wildman–Crippen LogP) is 5.80. The highest BCUT2D eigenvalue weighted by atomic mass is 35.5. The highest BCUT2D eigenvalue weighted by molar-refractivity contribution is 7.12. The van der Waals surface area contributed by atoms with Crippen molar-refractivity contribution >= 4 is 34.5 Å². The molecule has 3 aromatic rings. The summed E-state index contributed by atoms with van der Waals surface area (Å²) in [5.74, 6) is 0.655. The minimum Gasteiger partial charge on any atom is -0.489 e. The molecule has 3 nitrogen and oxygen atoms in total. The van der Waals surface area contributed by atoms with Crippen LogP contribution in [-0.2, 0) is 13.0 Å². The number of anilines is 1. The van der Waals surface area contributed by atoms with Crippen LogP contribution in [0.2, 0.25) is 5.02 Å². The number of para-hydroxylation sites is 1. The molecule has 0 saturated carbocycles. The molecule has 0 fully saturated rings. The van der Waals surface area contributed by atoms with E-state index < -0.39 is 0 Å². The fourth-order valence-electron chi connectivity index (χ4n) is 2.40. The van der Waals surface area contributed by atoms with E-state index in [0.717, 1.165) is 29.0 Å². The van der Waals surface area contributed by atoms with Crippen molar-refractivity contribution in [2.75, 3.05) is 5.32 Å². The molecule has 0 aliphatic rings. The standard InChI is InChI=1S/C20H18ClNO2S/c1-2-15-5-3-4-6-18(15)22-20(23)19-11-14(13-25-19)12-24-17-9-7-16(21)8-10-17/h3-11,13H,2,12H2,1H3,(H,22,23). The number of benzene rings is 2. The maximum Gasteiger partial charge on any atom is 0.265 e. The zero-order chi connectivity index (χ0) is 17.6. The lowest BCUT2D eigenvalue weighted by atomic mass is 10.1. The maximum absolute atomic E-state index is 12.5. The molecule has 1 aromatic heterocycles. The third-order valence-electron chi connectivity index (χ3n) is 3.74. The molecule has 0 aliphatic heterocycles. The Bertz CT molecular complexity index is 858. The summed E-state index contributed by atoms with van der Waals surface area (Å²) in [6.45, 7) is 2.49. The number of halogens is 1. The Morgan fingerprint density at radius 1 is 1.16 bits per heavy atom. The van der Waals surface area contributed by atoms with Gasteiger partial charge < -0.3 is 10.1 Å². The molecular weight excluding hydrogens is 354 g/mol. The number of carbonyl (C=O) groups is 1. The minimum atomic E-state index is -0.0938. The van der Waals surface area contributed by atoms with E-state index in [1.54, 1.807) is 12.1 Å². The molecule has 0 bridgehead atoms. The monoisotopic (exact) mass is 371 g/mol. The number of carbonyl (C=O) groups excluding carboxylic acids is 1. The zero-order valence-electron chi connectivity index (χ0n) is 13.8. The number of ether oxygens (including phenoxy) is 1. The third-order valence-corrected chi connectivity index (χ3v) is 4.97. The number of hydrogen-bond acceptors (Lipinski definition) is 3. The van der Waals surface area contributed by atoms with Gasteiger partial charge in [0, 0.05) is 16.3 Å². The second-order valence-corrected chi connectivity index (χ2v) is 6.87. The zero-order valence-corrected chi connectivity index (χ0v) is 15.4. The van der Waals surface area contributed by atoms with Gasteiger partial charge in [-0.25, -0.2) is 0 Å². The topological polar surface area (TPSA) is 38.3 Å². The molecule has 0 radical (unpaired) electrons. The highest BCUT2D eigenvalue weighted by Gasteiger charge is 2.11. The molecule has 5 heteroatoms. The van der Waals surface area contributed by atoms with Crippen LogP contribution in [0.15, 0.2) is 60.0 Å². The van der Waals surface area contributed by atoms with Gasteiger partial charge >= 0.3 is 0 Å². The molecule has 0 aliphatic carbocycles. The number of rotatable bonds is 6. The average molecular weight is 372 g/mol. The fraction of sp³-hybridized carbons (Fsp3) is 0.150. The summed E-state index contributed by atoms with van der Waals surface area (Å²) in [7, 11) is 0. The Morgan fingerprint density at radius 3 is 2.68 bits per heavy atom. The Morgan fingerprint density at radius 2 is 1.92 bits per heavy atom. The van der Waals surface area contributed by atoms with Crippen molar-refractivity contribution in [2.45, 2.75) is 20.0 Å². The summed E-state index contributed by atoms with van der Waals surface area (Å²) in [5, 5.41) is 5.60. The van der Waals surface area contributed by atoms with E-state index in [1.165, 1.54) is 11.3 Å². The Labute approximate surface area is 156 Å². The normalized spacial score (nSPS) is 10.5. The first-order valence-corrected chi connectivity index (χ1v) is 9.26. The van der Waals surface area contributed by atoms with Gasteiger partial charge in [0.25, 0.3) is 5.91 Å². The van der Waals surface area contributed by atoms with Crippen molar-refractivity contribution < 1.29 is 9.53 Å². The molecular formula is C20H18ClNO2S. The number of aryl methyl sites for hydroxylation is 1. The van der Waals surface area contributed by atoms with Gasteiger partial charge in [0.2, 0.25) is 0 Å². The van der Waals surface area contributed by atoms with Crippen LogP contribution < -0.4 is 10.1 Å². The third kappa shape index (κ3) is 4.62. The van der Waals surface area contributed by atoms with Gasteiger partial charge in [0.15, 0.2) is 0 Å². The first-order chi connectivity index (χ1) is 12.2. The second kappa shape index (κ2) is 8.19. The van der Waals surface area contributed by atoms with E-state index in [-0.39, 0.29) is 5.91 Å². The smallest absolute Gasteiger partial charge is 0.265 e. The van der Waals surface area contributed by atoms with E-state index in [1.807, 2.05) is 47.8 Å². The van der Waals surface area contributed by atoms with E-state index in [0.29, 0.717) is 16.5 Å². The van der Waals surface area contributed by atoms with E-state index in [2.05, 4.69) is 12.2 Å². The molecule has 1 heterocycles. The quantitative estimate of drug-likeness (QED) is 0.595. The SMILES string of the molecule is CCc1ccccc1NC(=O)c1cc(COc2ccc(Cl)cc2)cs1. The van der Waals surface area contributed by atoms with Crippen LogP contribution in [0.4, 0.5) is 5.69 Å². The molecule has 0 spiro atoms. The van der Waals surface area contributed by atoms with Gasteiger partial charge in [-0.2, -0.15) is 0 Å². The average Bonchev–Trinajstić information content (AvgIpc) is 3.11. The summed E-state index contributed by atoms with van der Waals surface area (Å²) in [6.07, 6.45) is 0.876. The van der Waals surface area contributed by atoms with Gasteiger partial charge in [-0.05, 0) is 53.8 Å². The van der Waals surface area contributed by atoms with Crippen LogP contribution in [0.1, 0.15) is 27.7 Å².